The summed E-state index contributed by atoms with van der Waals surface area (Å²) in [6.45, 7) is 1.58. The molecule has 2 aromatic heterocycles. The summed E-state index contributed by atoms with van der Waals surface area (Å²) in [5.41, 5.74) is 1.75. The van der Waals surface area contributed by atoms with Crippen LogP contribution in [0.25, 0.3) is 11.3 Å². The number of rotatable bonds is 4. The molecule has 1 aromatic carbocycles. The van der Waals surface area contributed by atoms with E-state index in [1.165, 1.54) is 12.1 Å². The molecule has 132 valence electrons. The molecule has 26 heavy (non-hydrogen) atoms. The first-order valence-corrected chi connectivity index (χ1v) is 8.47. The first-order valence-electron chi connectivity index (χ1n) is 8.47. The van der Waals surface area contributed by atoms with E-state index in [-0.39, 0.29) is 17.8 Å². The van der Waals surface area contributed by atoms with Gasteiger partial charge in [0.25, 0.3) is 5.91 Å². The van der Waals surface area contributed by atoms with Crippen LogP contribution in [0, 0.1) is 5.82 Å². The number of hydrogen-bond donors (Lipinski definition) is 2. The van der Waals surface area contributed by atoms with Gasteiger partial charge in [0.15, 0.2) is 0 Å². The molecule has 3 heterocycles. The number of nitrogens with one attached hydrogen (secondary N) is 2. The Kier molecular flexibility index (Phi) is 4.35. The molecule has 2 N–H and O–H groups in total. The van der Waals surface area contributed by atoms with Gasteiger partial charge in [-0.05, 0) is 48.9 Å². The predicted molar refractivity (Wildman–Crippen MR) is 96.3 cm³/mol. The quantitative estimate of drug-likeness (QED) is 0.758. The van der Waals surface area contributed by atoms with E-state index in [1.54, 1.807) is 24.4 Å². The Labute approximate surface area is 150 Å². The van der Waals surface area contributed by atoms with Crippen molar-refractivity contribution in [2.24, 2.45) is 0 Å². The Morgan fingerprint density at radius 1 is 1.23 bits per heavy atom. The standard InChI is InChI=1S/C19H18FN5O/c20-14-6-4-13(5-7-14)16-11-17(24-23-16)19(26)22-15-8-10-25(12-15)18-3-1-2-9-21-18/h1-7,9,11,15H,8,10,12H2,(H,22,26)(H,23,24). The molecule has 4 rings (SSSR count). The number of nitrogens with zero attached hydrogens (tertiary/aromatic N) is 3. The molecule has 3 aromatic rings. The highest BCUT2D eigenvalue weighted by atomic mass is 19.1. The van der Waals surface area contributed by atoms with Gasteiger partial charge in [0.1, 0.15) is 17.3 Å². The average Bonchev–Trinajstić information content (AvgIpc) is 3.33. The van der Waals surface area contributed by atoms with Gasteiger partial charge >= 0.3 is 0 Å². The second-order valence-electron chi connectivity index (χ2n) is 6.27. The number of carbonyl (C=O) groups excluding carboxylic acids is 1. The first-order chi connectivity index (χ1) is 12.7. The molecular formula is C19H18FN5O. The predicted octanol–water partition coefficient (Wildman–Crippen LogP) is 2.62. The second-order valence-corrected chi connectivity index (χ2v) is 6.27. The number of benzene rings is 1. The monoisotopic (exact) mass is 351 g/mol. The molecule has 0 aliphatic carbocycles. The van der Waals surface area contributed by atoms with Crippen LogP contribution in [-0.2, 0) is 0 Å². The number of anilines is 1. The zero-order valence-electron chi connectivity index (χ0n) is 14.0. The molecule has 1 atom stereocenters. The summed E-state index contributed by atoms with van der Waals surface area (Å²) >= 11 is 0. The van der Waals surface area contributed by atoms with Crippen LogP contribution in [0.4, 0.5) is 10.2 Å². The highest BCUT2D eigenvalue weighted by Gasteiger charge is 2.25. The van der Waals surface area contributed by atoms with E-state index in [0.717, 1.165) is 30.9 Å². The Hall–Kier alpha value is -3.22. The van der Waals surface area contributed by atoms with E-state index in [2.05, 4.69) is 25.4 Å². The third-order valence-electron chi connectivity index (χ3n) is 4.46. The number of carbonyl (C=O) groups is 1. The molecular weight excluding hydrogens is 333 g/mol. The summed E-state index contributed by atoms with van der Waals surface area (Å²) in [5.74, 6) is 0.420. The SMILES string of the molecule is O=C(NC1CCN(c2ccccn2)C1)c1cc(-c2ccc(F)cc2)n[nH]1. The summed E-state index contributed by atoms with van der Waals surface area (Å²) in [7, 11) is 0. The van der Waals surface area contributed by atoms with Gasteiger partial charge in [-0.3, -0.25) is 9.89 Å². The number of pyridine rings is 1. The van der Waals surface area contributed by atoms with Crippen LogP contribution in [0.2, 0.25) is 0 Å². The summed E-state index contributed by atoms with van der Waals surface area (Å²) in [6.07, 6.45) is 2.63. The lowest BCUT2D eigenvalue weighted by Crippen LogP contribution is -2.37. The summed E-state index contributed by atoms with van der Waals surface area (Å²) in [6, 6.07) is 13.5. The number of amides is 1. The minimum absolute atomic E-state index is 0.0575. The Morgan fingerprint density at radius 3 is 2.85 bits per heavy atom. The van der Waals surface area contributed by atoms with Crippen molar-refractivity contribution in [2.45, 2.75) is 12.5 Å². The van der Waals surface area contributed by atoms with Crippen molar-refractivity contribution in [2.75, 3.05) is 18.0 Å². The summed E-state index contributed by atoms with van der Waals surface area (Å²) < 4.78 is 13.0. The lowest BCUT2D eigenvalue weighted by Gasteiger charge is -2.17. The number of hydrogen-bond acceptors (Lipinski definition) is 4. The minimum Gasteiger partial charge on any atom is -0.354 e. The highest BCUT2D eigenvalue weighted by Crippen LogP contribution is 2.19. The van der Waals surface area contributed by atoms with Gasteiger partial charge < -0.3 is 10.2 Å². The van der Waals surface area contributed by atoms with Crippen LogP contribution in [-0.4, -0.2) is 40.2 Å². The molecule has 1 amide bonds. The molecule has 1 saturated heterocycles. The molecule has 0 radical (unpaired) electrons. The first kappa shape index (κ1) is 16.3. The third-order valence-corrected chi connectivity index (χ3v) is 4.46. The molecule has 1 fully saturated rings. The van der Waals surface area contributed by atoms with E-state index in [1.807, 2.05) is 18.2 Å². The van der Waals surface area contributed by atoms with Crippen molar-refractivity contribution in [1.82, 2.24) is 20.5 Å². The maximum absolute atomic E-state index is 13.0. The molecule has 0 saturated carbocycles. The maximum Gasteiger partial charge on any atom is 0.269 e. The van der Waals surface area contributed by atoms with Crippen LogP contribution in [0.3, 0.4) is 0 Å². The van der Waals surface area contributed by atoms with E-state index in [9.17, 15) is 9.18 Å². The van der Waals surface area contributed by atoms with Crippen molar-refractivity contribution in [3.8, 4) is 11.3 Å². The number of aromatic nitrogens is 3. The average molecular weight is 351 g/mol. The van der Waals surface area contributed by atoms with Crippen LogP contribution in [0.1, 0.15) is 16.9 Å². The lowest BCUT2D eigenvalue weighted by atomic mass is 10.1. The van der Waals surface area contributed by atoms with Gasteiger partial charge in [0.2, 0.25) is 0 Å². The van der Waals surface area contributed by atoms with Crippen LogP contribution >= 0.6 is 0 Å². The van der Waals surface area contributed by atoms with Gasteiger partial charge in [-0.2, -0.15) is 5.10 Å². The smallest absolute Gasteiger partial charge is 0.269 e. The molecule has 7 heteroatoms. The van der Waals surface area contributed by atoms with Gasteiger partial charge in [0, 0.05) is 30.9 Å². The number of halogens is 1. The largest absolute Gasteiger partial charge is 0.354 e. The third kappa shape index (κ3) is 3.42. The molecule has 1 aliphatic heterocycles. The zero-order valence-corrected chi connectivity index (χ0v) is 14.0. The van der Waals surface area contributed by atoms with Gasteiger partial charge in [-0.1, -0.05) is 6.07 Å². The Balaban J connectivity index is 1.39. The lowest BCUT2D eigenvalue weighted by molar-refractivity contribution is 0.0935. The molecule has 1 unspecified atom stereocenters. The molecule has 0 bridgehead atoms. The van der Waals surface area contributed by atoms with Gasteiger partial charge in [0.05, 0.1) is 5.69 Å². The fourth-order valence-corrected chi connectivity index (χ4v) is 3.10. The van der Waals surface area contributed by atoms with E-state index >= 15 is 0 Å². The van der Waals surface area contributed by atoms with Crippen molar-refractivity contribution < 1.29 is 9.18 Å². The molecule has 0 spiro atoms. The van der Waals surface area contributed by atoms with Crippen LogP contribution < -0.4 is 10.2 Å². The fourth-order valence-electron chi connectivity index (χ4n) is 3.10. The summed E-state index contributed by atoms with van der Waals surface area (Å²) in [5, 5.41) is 9.93. The molecule has 1 aliphatic rings. The minimum atomic E-state index is -0.305. The molecule has 6 nitrogen and oxygen atoms in total. The Morgan fingerprint density at radius 2 is 2.08 bits per heavy atom. The number of H-pyrrole nitrogens is 1. The van der Waals surface area contributed by atoms with Crippen LogP contribution in [0.15, 0.2) is 54.7 Å². The van der Waals surface area contributed by atoms with Crippen LogP contribution in [0.5, 0.6) is 0 Å². The fraction of sp³-hybridized carbons (Fsp3) is 0.211. The van der Waals surface area contributed by atoms with E-state index in [4.69, 9.17) is 0 Å². The van der Waals surface area contributed by atoms with Crippen molar-refractivity contribution in [1.29, 1.82) is 0 Å². The van der Waals surface area contributed by atoms with Crippen molar-refractivity contribution >= 4 is 11.7 Å². The summed E-state index contributed by atoms with van der Waals surface area (Å²) in [4.78, 5) is 19.0. The zero-order chi connectivity index (χ0) is 17.9. The second kappa shape index (κ2) is 6.95. The van der Waals surface area contributed by atoms with E-state index < -0.39 is 0 Å². The van der Waals surface area contributed by atoms with E-state index in [0.29, 0.717) is 11.4 Å². The van der Waals surface area contributed by atoms with Gasteiger partial charge in [-0.25, -0.2) is 9.37 Å². The van der Waals surface area contributed by atoms with Gasteiger partial charge in [-0.15, -0.1) is 0 Å². The Bertz CT molecular complexity index is 894. The highest BCUT2D eigenvalue weighted by molar-refractivity contribution is 5.93. The maximum atomic E-state index is 13.0. The normalized spacial score (nSPS) is 16.7. The van der Waals surface area contributed by atoms with Crippen molar-refractivity contribution in [3.63, 3.8) is 0 Å². The number of aromatic amines is 1. The topological polar surface area (TPSA) is 73.9 Å². The van der Waals surface area contributed by atoms with Crippen molar-refractivity contribution in [3.05, 3.63) is 66.2 Å².